The molecule has 2 heterocycles. The maximum absolute atomic E-state index is 13.8. The molecule has 0 unspecified atom stereocenters. The van der Waals surface area contributed by atoms with Crippen LogP contribution in [-0.2, 0) is 35.7 Å². The molecule has 5 rings (SSSR count). The molecule has 39 heavy (non-hydrogen) atoms. The molecule has 0 spiro atoms. The molecule has 1 amide bonds. The fourth-order valence-corrected chi connectivity index (χ4v) is 6.35. The lowest BCUT2D eigenvalue weighted by atomic mass is 9.95. The highest BCUT2D eigenvalue weighted by Gasteiger charge is 2.57. The van der Waals surface area contributed by atoms with E-state index < -0.39 is 46.1 Å². The minimum Gasteiger partial charge on any atom is -0.457 e. The van der Waals surface area contributed by atoms with Crippen molar-refractivity contribution in [2.75, 3.05) is 6.54 Å². The summed E-state index contributed by atoms with van der Waals surface area (Å²) in [5.74, 6) is -0.835. The molecule has 2 fully saturated rings. The lowest BCUT2D eigenvalue weighted by Crippen LogP contribution is -2.66. The minimum absolute atomic E-state index is 0.0592. The molecule has 2 N–H and O–H groups in total. The first-order valence-electron chi connectivity index (χ1n) is 12.5. The van der Waals surface area contributed by atoms with Gasteiger partial charge in [-0.25, -0.2) is 13.9 Å². The molecule has 206 valence electrons. The Morgan fingerprint density at radius 2 is 1.59 bits per heavy atom. The van der Waals surface area contributed by atoms with Crippen LogP contribution in [0.4, 0.5) is 0 Å². The van der Waals surface area contributed by atoms with E-state index in [-0.39, 0.29) is 18.0 Å². The van der Waals surface area contributed by atoms with Crippen LogP contribution < -0.4 is 10.2 Å². The van der Waals surface area contributed by atoms with Gasteiger partial charge < -0.3 is 19.3 Å². The van der Waals surface area contributed by atoms with Crippen molar-refractivity contribution in [3.05, 3.63) is 90.5 Å². The molecular weight excluding hydrogens is 524 g/mol. The number of sulfonamides is 1. The van der Waals surface area contributed by atoms with Crippen LogP contribution in [0.2, 0.25) is 0 Å². The number of benzene rings is 3. The van der Waals surface area contributed by atoms with Gasteiger partial charge in [-0.15, -0.1) is 0 Å². The quantitative estimate of drug-likeness (QED) is 0.408. The number of carbonyl (C=O) groups is 1. The van der Waals surface area contributed by atoms with Gasteiger partial charge >= 0.3 is 0 Å². The molecule has 2 aliphatic heterocycles. The zero-order chi connectivity index (χ0) is 27.6. The van der Waals surface area contributed by atoms with Crippen molar-refractivity contribution in [3.8, 4) is 11.5 Å². The van der Waals surface area contributed by atoms with Crippen LogP contribution in [0.1, 0.15) is 19.4 Å². The van der Waals surface area contributed by atoms with Gasteiger partial charge in [-0.3, -0.25) is 9.63 Å². The Kier molecular flexibility index (Phi) is 7.72. The van der Waals surface area contributed by atoms with Gasteiger partial charge in [0.1, 0.15) is 35.9 Å². The standard InChI is InChI=1S/C28H30N2O8S/c1-28(2)37-23-17-30(39(33,34)22-15-13-21(14-16-22)36-20-11-7-4-8-12-20)24(25(31)26(23)38-28)27(32)29-35-18-19-9-5-3-6-10-19/h3-16,23-26,31H,17-18H2,1-2H3,(H,29,32)/t23-,24+,25+,26+/m0/s1. The molecule has 4 atom stereocenters. The SMILES string of the molecule is CC1(C)O[C@H]2[C@H](O)[C@H](C(=O)NOCc3ccccc3)N(S(=O)(=O)c3ccc(Oc4ccccc4)cc3)C[C@@H]2O1. The minimum atomic E-state index is -4.27. The van der Waals surface area contributed by atoms with Crippen molar-refractivity contribution < 1.29 is 37.4 Å². The summed E-state index contributed by atoms with van der Waals surface area (Å²) in [6, 6.07) is 22.5. The number of ether oxygens (including phenoxy) is 3. The van der Waals surface area contributed by atoms with E-state index in [1.165, 1.54) is 24.3 Å². The number of piperidine rings is 1. The van der Waals surface area contributed by atoms with E-state index in [4.69, 9.17) is 19.0 Å². The number of aliphatic hydroxyl groups is 1. The normalized spacial score (nSPS) is 24.6. The van der Waals surface area contributed by atoms with Crippen molar-refractivity contribution in [2.45, 2.75) is 55.5 Å². The first kappa shape index (κ1) is 27.3. The topological polar surface area (TPSA) is 124 Å². The van der Waals surface area contributed by atoms with E-state index >= 15 is 0 Å². The Hall–Kier alpha value is -3.32. The Bertz CT molecular complexity index is 1380. The first-order chi connectivity index (χ1) is 18.6. The zero-order valence-electron chi connectivity index (χ0n) is 21.5. The molecule has 0 saturated carbocycles. The summed E-state index contributed by atoms with van der Waals surface area (Å²) in [4.78, 5) is 18.6. The van der Waals surface area contributed by atoms with Crippen LogP contribution in [-0.4, -0.2) is 60.4 Å². The molecule has 10 nitrogen and oxygen atoms in total. The van der Waals surface area contributed by atoms with E-state index in [1.54, 1.807) is 26.0 Å². The van der Waals surface area contributed by atoms with Crippen LogP contribution in [0.5, 0.6) is 11.5 Å². The van der Waals surface area contributed by atoms with Gasteiger partial charge in [-0.05, 0) is 55.8 Å². The summed E-state index contributed by atoms with van der Waals surface area (Å²) >= 11 is 0. The Balaban J connectivity index is 1.38. The summed E-state index contributed by atoms with van der Waals surface area (Å²) in [7, 11) is -4.27. The average Bonchev–Trinajstić information content (AvgIpc) is 3.24. The number of hydroxylamine groups is 1. The number of hydrogen-bond donors (Lipinski definition) is 2. The van der Waals surface area contributed by atoms with Gasteiger partial charge in [-0.1, -0.05) is 48.5 Å². The zero-order valence-corrected chi connectivity index (χ0v) is 22.3. The lowest BCUT2D eigenvalue weighted by molar-refractivity contribution is -0.160. The number of hydrogen-bond acceptors (Lipinski definition) is 8. The van der Waals surface area contributed by atoms with Crippen LogP contribution >= 0.6 is 0 Å². The van der Waals surface area contributed by atoms with Crippen LogP contribution in [0.15, 0.2) is 89.8 Å². The summed E-state index contributed by atoms with van der Waals surface area (Å²) < 4.78 is 46.0. The molecule has 3 aromatic carbocycles. The van der Waals surface area contributed by atoms with Gasteiger partial charge in [0.25, 0.3) is 5.91 Å². The first-order valence-corrected chi connectivity index (χ1v) is 13.9. The molecular formula is C28H30N2O8S. The average molecular weight is 555 g/mol. The van der Waals surface area contributed by atoms with Gasteiger partial charge in [0.15, 0.2) is 5.79 Å². The summed E-state index contributed by atoms with van der Waals surface area (Å²) in [5.41, 5.74) is 3.10. The Morgan fingerprint density at radius 3 is 2.26 bits per heavy atom. The van der Waals surface area contributed by atoms with Gasteiger partial charge in [0.2, 0.25) is 10.0 Å². The van der Waals surface area contributed by atoms with Crippen LogP contribution in [0.3, 0.4) is 0 Å². The van der Waals surface area contributed by atoms with Gasteiger partial charge in [0.05, 0.1) is 11.5 Å². The van der Waals surface area contributed by atoms with E-state index in [2.05, 4.69) is 5.48 Å². The largest absolute Gasteiger partial charge is 0.457 e. The highest BCUT2D eigenvalue weighted by Crippen LogP contribution is 2.38. The van der Waals surface area contributed by atoms with Crippen molar-refractivity contribution in [2.24, 2.45) is 0 Å². The molecule has 2 saturated heterocycles. The van der Waals surface area contributed by atoms with Crippen molar-refractivity contribution in [1.29, 1.82) is 0 Å². The number of fused-ring (bicyclic) bond motifs is 1. The van der Waals surface area contributed by atoms with E-state index in [0.717, 1.165) is 9.87 Å². The number of amides is 1. The monoisotopic (exact) mass is 554 g/mol. The number of nitrogens with zero attached hydrogens (tertiary/aromatic N) is 1. The predicted molar refractivity (Wildman–Crippen MR) is 140 cm³/mol. The number of carbonyl (C=O) groups excluding carboxylic acids is 1. The molecule has 11 heteroatoms. The number of aliphatic hydroxyl groups excluding tert-OH is 1. The van der Waals surface area contributed by atoms with E-state index in [1.807, 2.05) is 48.5 Å². The maximum Gasteiger partial charge on any atom is 0.264 e. The van der Waals surface area contributed by atoms with Crippen LogP contribution in [0.25, 0.3) is 0 Å². The van der Waals surface area contributed by atoms with Crippen molar-refractivity contribution in [1.82, 2.24) is 9.79 Å². The number of rotatable bonds is 8. The molecule has 0 bridgehead atoms. The predicted octanol–water partition coefficient (Wildman–Crippen LogP) is 2.98. The number of para-hydroxylation sites is 1. The second-order valence-corrected chi connectivity index (χ2v) is 11.7. The third-order valence-corrected chi connectivity index (χ3v) is 8.35. The van der Waals surface area contributed by atoms with Gasteiger partial charge in [0, 0.05) is 6.54 Å². The molecule has 0 aromatic heterocycles. The molecule has 0 radical (unpaired) electrons. The highest BCUT2D eigenvalue weighted by atomic mass is 32.2. The smallest absolute Gasteiger partial charge is 0.264 e. The molecule has 3 aromatic rings. The second kappa shape index (κ2) is 11.0. The molecule has 2 aliphatic rings. The molecule has 0 aliphatic carbocycles. The summed E-state index contributed by atoms with van der Waals surface area (Å²) in [6.45, 7) is 3.19. The van der Waals surface area contributed by atoms with Crippen molar-refractivity contribution in [3.63, 3.8) is 0 Å². The lowest BCUT2D eigenvalue weighted by Gasteiger charge is -2.41. The fraction of sp³-hybridized carbons (Fsp3) is 0.321. The maximum atomic E-state index is 13.8. The highest BCUT2D eigenvalue weighted by molar-refractivity contribution is 7.89. The summed E-state index contributed by atoms with van der Waals surface area (Å²) in [6.07, 6.45) is -3.20. The third-order valence-electron chi connectivity index (χ3n) is 6.48. The van der Waals surface area contributed by atoms with Gasteiger partial charge in [-0.2, -0.15) is 4.31 Å². The fourth-order valence-electron chi connectivity index (χ4n) is 4.73. The third kappa shape index (κ3) is 5.98. The van der Waals surface area contributed by atoms with E-state index in [0.29, 0.717) is 11.5 Å². The van der Waals surface area contributed by atoms with Crippen LogP contribution in [0, 0.1) is 0 Å². The van der Waals surface area contributed by atoms with E-state index in [9.17, 15) is 18.3 Å². The Morgan fingerprint density at radius 1 is 0.974 bits per heavy atom. The number of nitrogens with one attached hydrogen (secondary N) is 1. The Labute approximate surface area is 227 Å². The second-order valence-electron chi connectivity index (χ2n) is 9.78. The van der Waals surface area contributed by atoms with Crippen molar-refractivity contribution >= 4 is 15.9 Å². The summed E-state index contributed by atoms with van der Waals surface area (Å²) in [5, 5.41) is 11.2.